The Bertz CT molecular complexity index is 544. The van der Waals surface area contributed by atoms with Crippen LogP contribution in [-0.4, -0.2) is 32.6 Å². The monoisotopic (exact) mass is 317 g/mol. The van der Waals surface area contributed by atoms with E-state index in [0.717, 1.165) is 0 Å². The van der Waals surface area contributed by atoms with Crippen molar-refractivity contribution in [1.82, 2.24) is 5.32 Å². The van der Waals surface area contributed by atoms with Gasteiger partial charge in [-0.3, -0.25) is 0 Å². The number of nitrogens with one attached hydrogen (secondary N) is 1. The van der Waals surface area contributed by atoms with Crippen molar-refractivity contribution in [3.05, 3.63) is 29.6 Å². The Morgan fingerprint density at radius 2 is 2.00 bits per heavy atom. The summed E-state index contributed by atoms with van der Waals surface area (Å²) in [5, 5.41) is 3.19. The third-order valence-electron chi connectivity index (χ3n) is 2.91. The van der Waals surface area contributed by atoms with E-state index in [-0.39, 0.29) is 29.9 Å². The van der Waals surface area contributed by atoms with Gasteiger partial charge < -0.3 is 10.1 Å². The van der Waals surface area contributed by atoms with Crippen LogP contribution < -0.4 is 10.1 Å². The van der Waals surface area contributed by atoms with Gasteiger partial charge in [-0.1, -0.05) is 32.9 Å². The Morgan fingerprint density at radius 1 is 1.29 bits per heavy atom. The molecule has 0 aromatic heterocycles. The van der Waals surface area contributed by atoms with Gasteiger partial charge in [0.1, 0.15) is 6.61 Å². The molecule has 21 heavy (non-hydrogen) atoms. The van der Waals surface area contributed by atoms with Gasteiger partial charge in [-0.15, -0.1) is 0 Å². The molecular formula is C15H24FNO3S. The minimum absolute atomic E-state index is 0.0298. The smallest absolute Gasteiger partial charge is 0.165 e. The van der Waals surface area contributed by atoms with E-state index in [4.69, 9.17) is 4.74 Å². The van der Waals surface area contributed by atoms with Crippen LogP contribution in [0.1, 0.15) is 32.8 Å². The quantitative estimate of drug-likeness (QED) is 0.760. The van der Waals surface area contributed by atoms with E-state index in [1.807, 2.05) is 20.8 Å². The second-order valence-electron chi connectivity index (χ2n) is 5.26. The van der Waals surface area contributed by atoms with Crippen LogP contribution in [0.25, 0.3) is 0 Å². The van der Waals surface area contributed by atoms with Gasteiger partial charge in [0.25, 0.3) is 0 Å². The molecule has 4 nitrogen and oxygen atoms in total. The van der Waals surface area contributed by atoms with E-state index < -0.39 is 15.7 Å². The number of halogens is 1. The summed E-state index contributed by atoms with van der Waals surface area (Å²) >= 11 is 0. The Labute approximate surface area is 126 Å². The molecule has 0 saturated heterocycles. The third-order valence-corrected chi connectivity index (χ3v) is 4.72. The molecule has 0 atom stereocenters. The van der Waals surface area contributed by atoms with Gasteiger partial charge in [0, 0.05) is 18.2 Å². The fourth-order valence-corrected chi connectivity index (χ4v) is 3.02. The number of para-hydroxylation sites is 1. The van der Waals surface area contributed by atoms with E-state index >= 15 is 0 Å². The van der Waals surface area contributed by atoms with Crippen LogP contribution in [0.4, 0.5) is 4.39 Å². The van der Waals surface area contributed by atoms with Crippen molar-refractivity contribution < 1.29 is 17.5 Å². The molecule has 0 radical (unpaired) electrons. The molecule has 0 heterocycles. The topological polar surface area (TPSA) is 55.4 Å². The lowest BCUT2D eigenvalue weighted by Gasteiger charge is -2.14. The molecule has 0 aliphatic heterocycles. The molecule has 0 spiro atoms. The molecule has 0 aliphatic rings. The maximum atomic E-state index is 13.8. The Morgan fingerprint density at radius 3 is 2.62 bits per heavy atom. The summed E-state index contributed by atoms with van der Waals surface area (Å²) in [4.78, 5) is 0. The maximum Gasteiger partial charge on any atom is 0.165 e. The Kier molecular flexibility index (Phi) is 7.11. The first kappa shape index (κ1) is 17.9. The van der Waals surface area contributed by atoms with Crippen molar-refractivity contribution in [2.75, 3.05) is 18.1 Å². The Balaban J connectivity index is 2.69. The van der Waals surface area contributed by atoms with E-state index in [2.05, 4.69) is 5.32 Å². The van der Waals surface area contributed by atoms with Crippen LogP contribution >= 0.6 is 0 Å². The SMILES string of the molecule is CCCS(=O)(=O)CCOc1c(F)cccc1CNC(C)C. The van der Waals surface area contributed by atoms with Crippen molar-refractivity contribution >= 4 is 9.84 Å². The number of sulfone groups is 1. The van der Waals surface area contributed by atoms with E-state index in [0.29, 0.717) is 18.5 Å². The molecule has 1 rings (SSSR count). The van der Waals surface area contributed by atoms with Gasteiger partial charge in [0.05, 0.1) is 11.5 Å². The zero-order valence-electron chi connectivity index (χ0n) is 12.9. The van der Waals surface area contributed by atoms with Gasteiger partial charge in [0.2, 0.25) is 0 Å². The summed E-state index contributed by atoms with van der Waals surface area (Å²) in [6.45, 7) is 6.25. The summed E-state index contributed by atoms with van der Waals surface area (Å²) in [6, 6.07) is 4.97. The molecule has 0 unspecified atom stereocenters. The highest BCUT2D eigenvalue weighted by Crippen LogP contribution is 2.22. The van der Waals surface area contributed by atoms with Crippen LogP contribution in [-0.2, 0) is 16.4 Å². The molecule has 0 fully saturated rings. The molecule has 0 bridgehead atoms. The van der Waals surface area contributed by atoms with Crippen LogP contribution in [0.15, 0.2) is 18.2 Å². The number of hydrogen-bond acceptors (Lipinski definition) is 4. The lowest BCUT2D eigenvalue weighted by molar-refractivity contribution is 0.317. The van der Waals surface area contributed by atoms with E-state index in [9.17, 15) is 12.8 Å². The summed E-state index contributed by atoms with van der Waals surface area (Å²) in [7, 11) is -3.12. The van der Waals surface area contributed by atoms with Crippen LogP contribution in [0.3, 0.4) is 0 Å². The predicted octanol–water partition coefficient (Wildman–Crippen LogP) is 2.53. The van der Waals surface area contributed by atoms with E-state index in [1.54, 1.807) is 12.1 Å². The lowest BCUT2D eigenvalue weighted by Crippen LogP contribution is -2.23. The van der Waals surface area contributed by atoms with Gasteiger partial charge in [0.15, 0.2) is 21.4 Å². The van der Waals surface area contributed by atoms with Gasteiger partial charge in [-0.2, -0.15) is 0 Å². The highest BCUT2D eigenvalue weighted by molar-refractivity contribution is 7.91. The number of ether oxygens (including phenoxy) is 1. The highest BCUT2D eigenvalue weighted by Gasteiger charge is 2.13. The standard InChI is InChI=1S/C15H24FNO3S/c1-4-9-21(18,19)10-8-20-15-13(11-17-12(2)3)6-5-7-14(15)16/h5-7,12,17H,4,8-11H2,1-3H3. The minimum Gasteiger partial charge on any atom is -0.489 e. The summed E-state index contributed by atoms with van der Waals surface area (Å²) < 4.78 is 42.5. The van der Waals surface area contributed by atoms with Crippen molar-refractivity contribution in [2.24, 2.45) is 0 Å². The number of hydrogen-bond donors (Lipinski definition) is 1. The second-order valence-corrected chi connectivity index (χ2v) is 7.57. The molecule has 0 amide bonds. The third kappa shape index (κ3) is 6.44. The molecule has 1 aromatic rings. The zero-order valence-corrected chi connectivity index (χ0v) is 13.7. The fraction of sp³-hybridized carbons (Fsp3) is 0.600. The zero-order chi connectivity index (χ0) is 15.9. The summed E-state index contributed by atoms with van der Waals surface area (Å²) in [6.07, 6.45) is 0.575. The number of rotatable bonds is 9. The van der Waals surface area contributed by atoms with Gasteiger partial charge in [-0.25, -0.2) is 12.8 Å². The first-order valence-corrected chi connectivity index (χ1v) is 9.02. The maximum absolute atomic E-state index is 13.8. The molecule has 0 aliphatic carbocycles. The predicted molar refractivity (Wildman–Crippen MR) is 82.8 cm³/mol. The number of benzene rings is 1. The highest BCUT2D eigenvalue weighted by atomic mass is 32.2. The first-order valence-electron chi connectivity index (χ1n) is 7.19. The molecule has 1 N–H and O–H groups in total. The molecular weight excluding hydrogens is 293 g/mol. The average molecular weight is 317 g/mol. The molecule has 6 heteroatoms. The molecule has 120 valence electrons. The van der Waals surface area contributed by atoms with Crippen molar-refractivity contribution in [3.8, 4) is 5.75 Å². The van der Waals surface area contributed by atoms with Crippen LogP contribution in [0.5, 0.6) is 5.75 Å². The van der Waals surface area contributed by atoms with Crippen molar-refractivity contribution in [2.45, 2.75) is 39.8 Å². The van der Waals surface area contributed by atoms with E-state index in [1.165, 1.54) is 6.07 Å². The second kappa shape index (κ2) is 8.34. The average Bonchev–Trinajstić information content (AvgIpc) is 2.38. The lowest BCUT2D eigenvalue weighted by atomic mass is 10.2. The van der Waals surface area contributed by atoms with Crippen LogP contribution in [0, 0.1) is 5.82 Å². The van der Waals surface area contributed by atoms with Crippen molar-refractivity contribution in [1.29, 1.82) is 0 Å². The Hall–Kier alpha value is -1.14. The van der Waals surface area contributed by atoms with Crippen LogP contribution in [0.2, 0.25) is 0 Å². The first-order chi connectivity index (χ1) is 9.85. The minimum atomic E-state index is -3.12. The summed E-state index contributed by atoms with van der Waals surface area (Å²) in [5.41, 5.74) is 0.691. The van der Waals surface area contributed by atoms with Gasteiger partial charge in [-0.05, 0) is 12.5 Å². The van der Waals surface area contributed by atoms with Crippen molar-refractivity contribution in [3.63, 3.8) is 0 Å². The molecule has 1 aromatic carbocycles. The van der Waals surface area contributed by atoms with Gasteiger partial charge >= 0.3 is 0 Å². The normalized spacial score (nSPS) is 11.9. The summed E-state index contributed by atoms with van der Waals surface area (Å²) in [5.74, 6) is -0.287. The molecule has 0 saturated carbocycles. The fourth-order valence-electron chi connectivity index (χ4n) is 1.85. The largest absolute Gasteiger partial charge is 0.489 e.